The van der Waals surface area contributed by atoms with Crippen LogP contribution in [0.4, 0.5) is 0 Å². The van der Waals surface area contributed by atoms with Crippen LogP contribution in [0.25, 0.3) is 0 Å². The summed E-state index contributed by atoms with van der Waals surface area (Å²) in [6.45, 7) is 3.82. The molecule has 0 unspecified atom stereocenters. The van der Waals surface area contributed by atoms with Crippen LogP contribution in [0.3, 0.4) is 0 Å². The first kappa shape index (κ1) is 13.9. The number of rotatable bonds is 4. The number of benzene rings is 1. The van der Waals surface area contributed by atoms with E-state index in [4.69, 9.17) is 20.6 Å². The molecule has 104 valence electrons. The predicted octanol–water partition coefficient (Wildman–Crippen LogP) is 2.78. The molecule has 0 radical (unpaired) electrons. The zero-order chi connectivity index (χ0) is 14.7. The zero-order valence-corrected chi connectivity index (χ0v) is 11.7. The van der Waals surface area contributed by atoms with E-state index >= 15 is 0 Å². The number of nitrogens with two attached hydrogens (primary N) is 1. The summed E-state index contributed by atoms with van der Waals surface area (Å²) in [5.41, 5.74) is 7.86. The summed E-state index contributed by atoms with van der Waals surface area (Å²) >= 11 is 0. The quantitative estimate of drug-likeness (QED) is 0.661. The van der Waals surface area contributed by atoms with Crippen molar-refractivity contribution in [1.29, 1.82) is 5.41 Å². The molecule has 0 spiro atoms. The van der Waals surface area contributed by atoms with Crippen LogP contribution >= 0.6 is 0 Å². The van der Waals surface area contributed by atoms with Gasteiger partial charge in [-0.2, -0.15) is 0 Å². The van der Waals surface area contributed by atoms with Crippen LogP contribution in [0.5, 0.6) is 17.4 Å². The van der Waals surface area contributed by atoms with Crippen molar-refractivity contribution in [1.82, 2.24) is 4.98 Å². The third kappa shape index (κ3) is 2.88. The average molecular weight is 271 g/mol. The van der Waals surface area contributed by atoms with E-state index in [9.17, 15) is 0 Å². The van der Waals surface area contributed by atoms with Gasteiger partial charge in [0.15, 0.2) is 11.5 Å². The van der Waals surface area contributed by atoms with Crippen LogP contribution in [-0.4, -0.2) is 17.9 Å². The molecule has 2 rings (SSSR count). The van der Waals surface area contributed by atoms with Gasteiger partial charge in [-0.15, -0.1) is 0 Å². The lowest BCUT2D eigenvalue weighted by Crippen LogP contribution is -2.13. The van der Waals surface area contributed by atoms with Crippen molar-refractivity contribution < 1.29 is 9.47 Å². The number of hydrogen-bond donors (Lipinski definition) is 2. The largest absolute Gasteiger partial charge is 0.493 e. The molecule has 0 aliphatic rings. The Bertz CT molecular complexity index is 654. The fourth-order valence-corrected chi connectivity index (χ4v) is 1.78. The molecule has 5 nitrogen and oxygen atoms in total. The molecule has 0 saturated heterocycles. The smallest absolute Gasteiger partial charge is 0.230 e. The van der Waals surface area contributed by atoms with Crippen LogP contribution < -0.4 is 15.2 Å². The van der Waals surface area contributed by atoms with E-state index in [-0.39, 0.29) is 5.84 Å². The minimum atomic E-state index is -0.0846. The summed E-state index contributed by atoms with van der Waals surface area (Å²) < 4.78 is 11.1. The number of nitrogens with one attached hydrogen (secondary N) is 1. The van der Waals surface area contributed by atoms with E-state index in [0.717, 1.165) is 11.3 Å². The first-order valence-corrected chi connectivity index (χ1v) is 6.16. The molecule has 2 aromatic rings. The van der Waals surface area contributed by atoms with E-state index in [1.54, 1.807) is 19.2 Å². The van der Waals surface area contributed by atoms with Gasteiger partial charge in [0.1, 0.15) is 5.84 Å². The lowest BCUT2D eigenvalue weighted by atomic mass is 10.2. The molecule has 0 fully saturated rings. The lowest BCUT2D eigenvalue weighted by Gasteiger charge is -2.13. The summed E-state index contributed by atoms with van der Waals surface area (Å²) in [6, 6.07) is 9.11. The van der Waals surface area contributed by atoms with Gasteiger partial charge in [-0.1, -0.05) is 6.07 Å². The van der Waals surface area contributed by atoms with Crippen molar-refractivity contribution in [2.24, 2.45) is 5.73 Å². The van der Waals surface area contributed by atoms with Gasteiger partial charge in [0.05, 0.1) is 12.7 Å². The first-order valence-electron chi connectivity index (χ1n) is 6.16. The van der Waals surface area contributed by atoms with Crippen molar-refractivity contribution in [2.45, 2.75) is 13.8 Å². The predicted molar refractivity (Wildman–Crippen MR) is 77.8 cm³/mol. The van der Waals surface area contributed by atoms with Gasteiger partial charge in [0, 0.05) is 5.69 Å². The molecule has 0 aliphatic carbocycles. The Labute approximate surface area is 117 Å². The Morgan fingerprint density at radius 2 is 1.90 bits per heavy atom. The number of aryl methyl sites for hydroxylation is 2. The van der Waals surface area contributed by atoms with Gasteiger partial charge in [0.25, 0.3) is 0 Å². The summed E-state index contributed by atoms with van der Waals surface area (Å²) in [4.78, 5) is 4.29. The van der Waals surface area contributed by atoms with Crippen LogP contribution in [-0.2, 0) is 0 Å². The average Bonchev–Trinajstić information content (AvgIpc) is 2.40. The highest BCUT2D eigenvalue weighted by Gasteiger charge is 2.12. The Balaban J connectivity index is 2.44. The fraction of sp³-hybridized carbons (Fsp3) is 0.200. The maximum absolute atomic E-state index is 7.57. The fourth-order valence-electron chi connectivity index (χ4n) is 1.78. The molecule has 5 heteroatoms. The Kier molecular flexibility index (Phi) is 3.89. The summed E-state index contributed by atoms with van der Waals surface area (Å²) in [7, 11) is 1.58. The van der Waals surface area contributed by atoms with Crippen LogP contribution in [0.15, 0.2) is 30.3 Å². The van der Waals surface area contributed by atoms with Gasteiger partial charge >= 0.3 is 0 Å². The monoisotopic (exact) mass is 271 g/mol. The third-order valence-corrected chi connectivity index (χ3v) is 2.82. The minimum Gasteiger partial charge on any atom is -0.493 e. The van der Waals surface area contributed by atoms with E-state index < -0.39 is 0 Å². The van der Waals surface area contributed by atoms with Crippen molar-refractivity contribution in [3.63, 3.8) is 0 Å². The van der Waals surface area contributed by atoms with E-state index in [1.807, 2.05) is 32.0 Å². The molecule has 1 heterocycles. The number of pyridine rings is 1. The summed E-state index contributed by atoms with van der Waals surface area (Å²) in [6.07, 6.45) is 0. The summed E-state index contributed by atoms with van der Waals surface area (Å²) in [5.74, 6) is 1.37. The molecular weight excluding hydrogens is 254 g/mol. The van der Waals surface area contributed by atoms with E-state index in [0.29, 0.717) is 22.9 Å². The van der Waals surface area contributed by atoms with Crippen LogP contribution in [0.1, 0.15) is 16.8 Å². The molecule has 0 saturated carbocycles. The SMILES string of the molecule is COc1cc(C)ccc1Oc1nc(C)ccc1C(=N)N. The van der Waals surface area contributed by atoms with Crippen LogP contribution in [0.2, 0.25) is 0 Å². The van der Waals surface area contributed by atoms with E-state index in [1.165, 1.54) is 0 Å². The molecular formula is C15H17N3O2. The standard InChI is InChI=1S/C15H17N3O2/c1-9-4-7-12(13(8-9)19-3)20-15-11(14(16)17)6-5-10(2)18-15/h4-8H,1-3H3,(H3,16,17). The van der Waals surface area contributed by atoms with Gasteiger partial charge in [-0.25, -0.2) is 4.98 Å². The molecule has 0 amide bonds. The minimum absolute atomic E-state index is 0.0846. The topological polar surface area (TPSA) is 81.2 Å². The van der Waals surface area contributed by atoms with Gasteiger partial charge in [-0.3, -0.25) is 5.41 Å². The molecule has 1 aromatic carbocycles. The number of nitrogen functional groups attached to an aromatic ring is 1. The third-order valence-electron chi connectivity index (χ3n) is 2.82. The number of ether oxygens (including phenoxy) is 2. The van der Waals surface area contributed by atoms with Crippen molar-refractivity contribution in [3.05, 3.63) is 47.2 Å². The number of nitrogens with zero attached hydrogens (tertiary/aromatic N) is 1. The highest BCUT2D eigenvalue weighted by atomic mass is 16.5. The Morgan fingerprint density at radius 1 is 1.15 bits per heavy atom. The van der Waals surface area contributed by atoms with Crippen molar-refractivity contribution in [2.75, 3.05) is 7.11 Å². The molecule has 1 aromatic heterocycles. The van der Waals surface area contributed by atoms with Gasteiger partial charge in [0.2, 0.25) is 5.88 Å². The first-order chi connectivity index (χ1) is 9.51. The van der Waals surface area contributed by atoms with Crippen LogP contribution in [0, 0.1) is 19.3 Å². The highest BCUT2D eigenvalue weighted by molar-refractivity contribution is 5.97. The second-order valence-corrected chi connectivity index (χ2v) is 4.48. The maximum atomic E-state index is 7.57. The molecule has 0 aliphatic heterocycles. The van der Waals surface area contributed by atoms with Gasteiger partial charge in [-0.05, 0) is 43.7 Å². The molecule has 0 bridgehead atoms. The maximum Gasteiger partial charge on any atom is 0.230 e. The molecule has 3 N–H and O–H groups in total. The highest BCUT2D eigenvalue weighted by Crippen LogP contribution is 2.32. The molecule has 0 atom stereocenters. The van der Waals surface area contributed by atoms with E-state index in [2.05, 4.69) is 4.98 Å². The number of hydrogen-bond acceptors (Lipinski definition) is 4. The normalized spacial score (nSPS) is 10.2. The lowest BCUT2D eigenvalue weighted by molar-refractivity contribution is 0.373. The number of methoxy groups -OCH3 is 1. The Morgan fingerprint density at radius 3 is 2.55 bits per heavy atom. The molecule has 20 heavy (non-hydrogen) atoms. The number of amidine groups is 1. The second kappa shape index (κ2) is 5.61. The Hall–Kier alpha value is -2.56. The zero-order valence-electron chi connectivity index (χ0n) is 11.7. The van der Waals surface area contributed by atoms with Crippen molar-refractivity contribution in [3.8, 4) is 17.4 Å². The second-order valence-electron chi connectivity index (χ2n) is 4.48. The summed E-state index contributed by atoms with van der Waals surface area (Å²) in [5, 5.41) is 7.57. The van der Waals surface area contributed by atoms with Gasteiger partial charge < -0.3 is 15.2 Å². The van der Waals surface area contributed by atoms with Crippen molar-refractivity contribution >= 4 is 5.84 Å². The number of aromatic nitrogens is 1.